The van der Waals surface area contributed by atoms with E-state index in [4.69, 9.17) is 0 Å². The lowest BCUT2D eigenvalue weighted by molar-refractivity contribution is 0.202. The number of allylic oxidation sites excluding steroid dienone is 3. The highest BCUT2D eigenvalue weighted by atomic mass is 14.6. The van der Waals surface area contributed by atoms with Crippen molar-refractivity contribution in [3.8, 4) is 0 Å². The van der Waals surface area contributed by atoms with Crippen LogP contribution in [0.25, 0.3) is 0 Å². The molecule has 0 N–H and O–H groups in total. The van der Waals surface area contributed by atoms with E-state index in [0.717, 1.165) is 28.6 Å². The van der Waals surface area contributed by atoms with E-state index >= 15 is 0 Å². The molecule has 0 radical (unpaired) electrons. The fourth-order valence-electron chi connectivity index (χ4n) is 4.79. The zero-order valence-corrected chi connectivity index (χ0v) is 15.4. The molecule has 0 heteroatoms. The van der Waals surface area contributed by atoms with E-state index in [1.54, 1.807) is 24.8 Å². The van der Waals surface area contributed by atoms with Crippen LogP contribution < -0.4 is 0 Å². The summed E-state index contributed by atoms with van der Waals surface area (Å²) >= 11 is 0. The summed E-state index contributed by atoms with van der Waals surface area (Å²) in [5, 5.41) is 0. The summed E-state index contributed by atoms with van der Waals surface area (Å²) in [7, 11) is 0. The van der Waals surface area contributed by atoms with E-state index in [2.05, 4.69) is 40.3 Å². The lowest BCUT2D eigenvalue weighted by atomic mass is 9.75. The third kappa shape index (κ3) is 4.77. The Labute approximate surface area is 153 Å². The highest BCUT2D eigenvalue weighted by Crippen LogP contribution is 2.67. The van der Waals surface area contributed by atoms with Gasteiger partial charge in [-0.2, -0.15) is 0 Å². The Balaban J connectivity index is 0.000000226. The molecule has 4 rings (SSSR count). The maximum Gasteiger partial charge on any atom is -0.0171 e. The number of rotatable bonds is 2. The maximum atomic E-state index is 3.97. The van der Waals surface area contributed by atoms with Crippen molar-refractivity contribution in [2.24, 2.45) is 28.6 Å². The molecule has 4 aliphatic rings. The van der Waals surface area contributed by atoms with E-state index in [1.165, 1.54) is 44.1 Å². The molecule has 3 fully saturated rings. The molecule has 0 aromatic rings. The van der Waals surface area contributed by atoms with Gasteiger partial charge in [0.2, 0.25) is 0 Å². The molecule has 4 unspecified atom stereocenters. The predicted molar refractivity (Wildman–Crippen MR) is 110 cm³/mol. The van der Waals surface area contributed by atoms with Gasteiger partial charge >= 0.3 is 0 Å². The van der Waals surface area contributed by atoms with E-state index < -0.39 is 0 Å². The molecule has 24 heavy (non-hydrogen) atoms. The SMILES string of the molecule is C.C.C=C(C)C1CC=C(C)CC1.CC1(C2CCC3(C)CC3C2)CC1. The second kappa shape index (κ2) is 7.79. The third-order valence-corrected chi connectivity index (χ3v) is 7.53. The van der Waals surface area contributed by atoms with Crippen LogP contribution in [0, 0.1) is 28.6 Å². The Morgan fingerprint density at radius 3 is 2.17 bits per heavy atom. The Bertz CT molecular complexity index is 464. The van der Waals surface area contributed by atoms with Crippen molar-refractivity contribution in [3.05, 3.63) is 23.8 Å². The Morgan fingerprint density at radius 1 is 1.04 bits per heavy atom. The van der Waals surface area contributed by atoms with Crippen molar-refractivity contribution in [1.29, 1.82) is 0 Å². The molecule has 3 saturated carbocycles. The van der Waals surface area contributed by atoms with Crippen LogP contribution in [0.5, 0.6) is 0 Å². The third-order valence-electron chi connectivity index (χ3n) is 7.53. The summed E-state index contributed by atoms with van der Waals surface area (Å²) in [4.78, 5) is 0. The number of hydrogen-bond donors (Lipinski definition) is 0. The molecular weight excluding hydrogens is 288 g/mol. The lowest BCUT2D eigenvalue weighted by Gasteiger charge is -2.30. The van der Waals surface area contributed by atoms with Crippen LogP contribution in [0.3, 0.4) is 0 Å². The van der Waals surface area contributed by atoms with Crippen LogP contribution in [0.15, 0.2) is 23.8 Å². The number of hydrogen-bond acceptors (Lipinski definition) is 0. The Kier molecular flexibility index (Phi) is 6.99. The first-order valence-corrected chi connectivity index (χ1v) is 9.63. The van der Waals surface area contributed by atoms with Gasteiger partial charge in [0.05, 0.1) is 0 Å². The first-order chi connectivity index (χ1) is 10.3. The molecule has 0 nitrogen and oxygen atoms in total. The second-order valence-corrected chi connectivity index (χ2v) is 9.55. The average Bonchev–Trinajstić information content (AvgIpc) is 3.36. The summed E-state index contributed by atoms with van der Waals surface area (Å²) in [6, 6.07) is 0. The fraction of sp³-hybridized carbons (Fsp3) is 0.833. The van der Waals surface area contributed by atoms with Crippen LogP contribution in [0.2, 0.25) is 0 Å². The van der Waals surface area contributed by atoms with Gasteiger partial charge in [0.15, 0.2) is 0 Å². The topological polar surface area (TPSA) is 0 Å². The summed E-state index contributed by atoms with van der Waals surface area (Å²) in [6.07, 6.45) is 15.4. The first kappa shape index (κ1) is 21.5. The van der Waals surface area contributed by atoms with Crippen molar-refractivity contribution in [2.75, 3.05) is 0 Å². The normalized spacial score (nSPS) is 38.0. The molecule has 0 heterocycles. The summed E-state index contributed by atoms with van der Waals surface area (Å²) in [6.45, 7) is 13.3. The lowest BCUT2D eigenvalue weighted by Crippen LogP contribution is -2.20. The van der Waals surface area contributed by atoms with Gasteiger partial charge in [-0.15, -0.1) is 0 Å². The van der Waals surface area contributed by atoms with E-state index in [-0.39, 0.29) is 14.9 Å². The van der Waals surface area contributed by atoms with E-state index in [1.807, 2.05) is 0 Å². The van der Waals surface area contributed by atoms with Crippen LogP contribution in [0.1, 0.15) is 100 Å². The van der Waals surface area contributed by atoms with Gasteiger partial charge in [-0.1, -0.05) is 52.5 Å². The average molecular weight is 333 g/mol. The molecule has 4 atom stereocenters. The molecule has 0 spiro atoms. The van der Waals surface area contributed by atoms with Gasteiger partial charge in [-0.05, 0) is 100 Å². The van der Waals surface area contributed by atoms with E-state index in [0.29, 0.717) is 0 Å². The van der Waals surface area contributed by atoms with Crippen molar-refractivity contribution in [1.82, 2.24) is 0 Å². The quantitative estimate of drug-likeness (QED) is 0.447. The minimum absolute atomic E-state index is 0. The molecule has 140 valence electrons. The summed E-state index contributed by atoms with van der Waals surface area (Å²) < 4.78 is 0. The smallest absolute Gasteiger partial charge is 0.0171 e. The largest absolute Gasteiger partial charge is 0.0998 e. The number of fused-ring (bicyclic) bond motifs is 1. The van der Waals surface area contributed by atoms with Crippen molar-refractivity contribution >= 4 is 0 Å². The first-order valence-electron chi connectivity index (χ1n) is 9.63. The minimum Gasteiger partial charge on any atom is -0.0998 e. The van der Waals surface area contributed by atoms with Crippen LogP contribution >= 0.6 is 0 Å². The highest BCUT2D eigenvalue weighted by molar-refractivity contribution is 5.10. The van der Waals surface area contributed by atoms with Gasteiger partial charge in [0, 0.05) is 0 Å². The van der Waals surface area contributed by atoms with Crippen molar-refractivity contribution in [2.45, 2.75) is 100 Å². The molecule has 0 saturated heterocycles. The van der Waals surface area contributed by atoms with Crippen molar-refractivity contribution < 1.29 is 0 Å². The zero-order chi connectivity index (χ0) is 16.0. The highest BCUT2D eigenvalue weighted by Gasteiger charge is 2.57. The Morgan fingerprint density at radius 2 is 1.71 bits per heavy atom. The monoisotopic (exact) mass is 332 g/mol. The van der Waals surface area contributed by atoms with E-state index in [9.17, 15) is 0 Å². The zero-order valence-electron chi connectivity index (χ0n) is 15.4. The minimum atomic E-state index is 0. The molecule has 0 aliphatic heterocycles. The van der Waals surface area contributed by atoms with Gasteiger partial charge in [0.1, 0.15) is 0 Å². The molecule has 0 aromatic carbocycles. The maximum absolute atomic E-state index is 3.97. The summed E-state index contributed by atoms with van der Waals surface area (Å²) in [5.41, 5.74) is 4.53. The second-order valence-electron chi connectivity index (χ2n) is 9.55. The predicted octanol–water partition coefficient (Wildman–Crippen LogP) is 8.19. The molecule has 0 aromatic heterocycles. The van der Waals surface area contributed by atoms with Gasteiger partial charge in [0.25, 0.3) is 0 Å². The van der Waals surface area contributed by atoms with Gasteiger partial charge in [-0.3, -0.25) is 0 Å². The van der Waals surface area contributed by atoms with Gasteiger partial charge in [-0.25, -0.2) is 0 Å². The van der Waals surface area contributed by atoms with Crippen LogP contribution in [-0.4, -0.2) is 0 Å². The molecule has 0 bridgehead atoms. The van der Waals surface area contributed by atoms with Crippen LogP contribution in [0.4, 0.5) is 0 Å². The summed E-state index contributed by atoms with van der Waals surface area (Å²) in [5.74, 6) is 3.01. The molecule has 4 aliphatic carbocycles. The molecule has 0 amide bonds. The molecular formula is C24H44. The van der Waals surface area contributed by atoms with Gasteiger partial charge < -0.3 is 0 Å². The standard InChI is InChI=1S/C12H20.C10H16.2CH4/c1-11(5-6-11)9-3-4-12(2)8-10(12)7-9;1-8(2)10-6-4-9(3)5-7-10;;/h9-10H,3-8H2,1-2H3;4,10H,1,5-7H2,2-3H3;2*1H4. The Hall–Kier alpha value is -0.520. The van der Waals surface area contributed by atoms with Crippen LogP contribution in [-0.2, 0) is 0 Å². The fourth-order valence-corrected chi connectivity index (χ4v) is 4.79. The van der Waals surface area contributed by atoms with Crippen molar-refractivity contribution in [3.63, 3.8) is 0 Å².